The van der Waals surface area contributed by atoms with Crippen LogP contribution in [0.4, 0.5) is 34.1 Å². The Kier molecular flexibility index (Phi) is 13.7. The maximum Gasteiger partial charge on any atom is 0.493 e. The summed E-state index contributed by atoms with van der Waals surface area (Å²) >= 11 is 7.76. The molecular formula is C76H54B2Br2N2O4. The molecule has 0 atom stereocenters. The van der Waals surface area contributed by atoms with Gasteiger partial charge in [-0.2, -0.15) is 0 Å². The van der Waals surface area contributed by atoms with Gasteiger partial charge in [-0.05, 0) is 131 Å². The van der Waals surface area contributed by atoms with Gasteiger partial charge in [-0.1, -0.05) is 236 Å². The van der Waals surface area contributed by atoms with Crippen LogP contribution >= 0.6 is 31.9 Å². The van der Waals surface area contributed by atoms with E-state index in [1.54, 1.807) is 14.2 Å². The first-order valence-corrected chi connectivity index (χ1v) is 30.5. The molecule has 5 aliphatic heterocycles. The fourth-order valence-electron chi connectivity index (χ4n) is 14.3. The zero-order valence-corrected chi connectivity index (χ0v) is 50.3. The summed E-state index contributed by atoms with van der Waals surface area (Å²) in [5.74, 6) is 3.61. The molecule has 0 saturated heterocycles. The second-order valence-electron chi connectivity index (χ2n) is 21.8. The topological polar surface area (TPSA) is 43.4 Å². The molecule has 6 nitrogen and oxygen atoms in total. The molecule has 0 unspecified atom stereocenters. The molecule has 2 spiro atoms. The van der Waals surface area contributed by atoms with Crippen molar-refractivity contribution in [1.82, 2.24) is 0 Å². The number of hydrogen-bond acceptors (Lipinski definition) is 6. The van der Waals surface area contributed by atoms with Gasteiger partial charge in [-0.25, -0.2) is 0 Å². The third kappa shape index (κ3) is 8.22. The predicted molar refractivity (Wildman–Crippen MR) is 358 cm³/mol. The van der Waals surface area contributed by atoms with Crippen LogP contribution in [-0.2, 0) is 20.1 Å². The maximum atomic E-state index is 6.57. The van der Waals surface area contributed by atoms with Crippen molar-refractivity contribution in [2.75, 3.05) is 24.0 Å². The number of fused-ring (bicyclic) bond motifs is 18. The van der Waals surface area contributed by atoms with Crippen molar-refractivity contribution < 1.29 is 18.8 Å². The Balaban J connectivity index is 0.000000125. The van der Waals surface area contributed by atoms with Crippen LogP contribution in [0, 0.1) is 0 Å². The fourth-order valence-corrected chi connectivity index (χ4v) is 15.3. The molecule has 0 N–H and O–H groups in total. The molecular weight excluding hydrogens is 1190 g/mol. The van der Waals surface area contributed by atoms with Gasteiger partial charge >= 0.3 is 7.12 Å². The van der Waals surface area contributed by atoms with Gasteiger partial charge in [0.05, 0.1) is 33.6 Å². The van der Waals surface area contributed by atoms with E-state index in [9.17, 15) is 0 Å². The molecule has 5 heterocycles. The second-order valence-corrected chi connectivity index (χ2v) is 23.5. The van der Waals surface area contributed by atoms with Crippen LogP contribution in [0.5, 0.6) is 23.0 Å². The van der Waals surface area contributed by atoms with Gasteiger partial charge in [-0.15, -0.1) is 0 Å². The first-order valence-electron chi connectivity index (χ1n) is 28.9. The highest BCUT2D eigenvalue weighted by molar-refractivity contribution is 9.11. The highest BCUT2D eigenvalue weighted by Crippen LogP contribution is 2.65. The lowest BCUT2D eigenvalue weighted by Crippen LogP contribution is -2.59. The van der Waals surface area contributed by atoms with Crippen LogP contribution in [0.1, 0.15) is 44.5 Å². The lowest BCUT2D eigenvalue weighted by molar-refractivity contribution is 0.292. The zero-order chi connectivity index (χ0) is 57.9. The molecule has 86 heavy (non-hydrogen) atoms. The van der Waals surface area contributed by atoms with E-state index in [2.05, 4.69) is 290 Å². The maximum absolute atomic E-state index is 6.57. The number of para-hydroxylation sites is 10. The van der Waals surface area contributed by atoms with Gasteiger partial charge in [0.25, 0.3) is 0 Å². The third-order valence-electron chi connectivity index (χ3n) is 17.5. The predicted octanol–water partition coefficient (Wildman–Crippen LogP) is 16.9. The number of nitrogens with zero attached hydrogens (tertiary/aromatic N) is 2. The second kappa shape index (κ2) is 22.0. The molecule has 0 bridgehead atoms. The Morgan fingerprint density at radius 3 is 1.20 bits per heavy atom. The molecule has 0 aromatic heterocycles. The fraction of sp³-hybridized carbons (Fsp3) is 0.0526. The smallest absolute Gasteiger partial charge is 0.457 e. The van der Waals surface area contributed by atoms with Crippen LogP contribution in [0.15, 0.2) is 300 Å². The summed E-state index contributed by atoms with van der Waals surface area (Å²) in [5.41, 5.74) is 20.7. The van der Waals surface area contributed by atoms with E-state index in [1.807, 2.05) is 42.5 Å². The Morgan fingerprint density at radius 2 is 0.686 bits per heavy atom. The molecule has 12 aromatic carbocycles. The van der Waals surface area contributed by atoms with E-state index in [1.165, 1.54) is 66.8 Å². The summed E-state index contributed by atoms with van der Waals surface area (Å²) in [6, 6.07) is 103. The average molecular weight is 1240 g/mol. The van der Waals surface area contributed by atoms with Crippen LogP contribution in [0.25, 0.3) is 0 Å². The molecule has 0 fully saturated rings. The van der Waals surface area contributed by atoms with Crippen molar-refractivity contribution in [2.24, 2.45) is 0 Å². The molecule has 0 aliphatic carbocycles. The van der Waals surface area contributed by atoms with Crippen LogP contribution in [-0.4, -0.2) is 28.1 Å². The number of benzene rings is 12. The molecule has 10 heteroatoms. The van der Waals surface area contributed by atoms with E-state index in [0.717, 1.165) is 65.6 Å². The first-order chi connectivity index (χ1) is 42.5. The highest BCUT2D eigenvalue weighted by Gasteiger charge is 2.54. The lowest BCUT2D eigenvalue weighted by atomic mass is 9.34. The van der Waals surface area contributed by atoms with E-state index in [0.29, 0.717) is 0 Å². The lowest BCUT2D eigenvalue weighted by Gasteiger charge is -2.51. The monoisotopic (exact) mass is 1240 g/mol. The van der Waals surface area contributed by atoms with E-state index >= 15 is 0 Å². The van der Waals surface area contributed by atoms with Gasteiger partial charge in [0, 0.05) is 56.8 Å². The molecule has 0 amide bonds. The molecule has 0 radical (unpaired) electrons. The first kappa shape index (κ1) is 53.6. The standard InChI is InChI=1S/C37H24BNO.C31H19Br2NO.C8H11BO2/c1-2-13-25(14-3-1)38-30-19-7-9-22-33(30)39-32-21-8-4-15-26(32)37(29-18-12-20-31(38)36(29)39)27-16-5-10-23-34(27)40-35-24-11-6-17-28(35)37;32-24-14-4-6-17-27(24)34-26-16-5-1-10-20(26)31(23-13-9-15-25(33)30(23)34)21-11-2-7-18-28(21)35-29-19-8-3-12-22(29)31;1-10-9(11-2)8-6-4-3-5-7-8/h1-24H;1-19H;3-7H,1-2H3. The van der Waals surface area contributed by atoms with Gasteiger partial charge in [0.1, 0.15) is 23.0 Å². The highest BCUT2D eigenvalue weighted by atomic mass is 79.9. The summed E-state index contributed by atoms with van der Waals surface area (Å²) in [5, 5.41) is 0. The van der Waals surface area contributed by atoms with Gasteiger partial charge in [0.15, 0.2) is 0 Å². The largest absolute Gasteiger partial charge is 0.493 e. The average Bonchev–Trinajstić information content (AvgIpc) is 0.695. The molecule has 412 valence electrons. The summed E-state index contributed by atoms with van der Waals surface area (Å²) in [6.45, 7) is 0.135. The van der Waals surface area contributed by atoms with Crippen molar-refractivity contribution in [3.63, 3.8) is 0 Å². The molecule has 5 aliphatic rings. The summed E-state index contributed by atoms with van der Waals surface area (Å²) < 4.78 is 25.2. The van der Waals surface area contributed by atoms with Gasteiger partial charge in [0.2, 0.25) is 6.71 Å². The number of rotatable bonds is 5. The Bertz CT molecular complexity index is 4470. The van der Waals surface area contributed by atoms with Crippen LogP contribution in [0.3, 0.4) is 0 Å². The van der Waals surface area contributed by atoms with Crippen molar-refractivity contribution in [2.45, 2.75) is 10.8 Å². The third-order valence-corrected chi connectivity index (χ3v) is 18.8. The molecule has 12 aromatic rings. The quantitative estimate of drug-likeness (QED) is 0.160. The van der Waals surface area contributed by atoms with Gasteiger partial charge in [-0.3, -0.25) is 0 Å². The summed E-state index contributed by atoms with van der Waals surface area (Å²) in [7, 11) is 3.01. The van der Waals surface area contributed by atoms with Crippen molar-refractivity contribution in [1.29, 1.82) is 0 Å². The molecule has 0 saturated carbocycles. The normalized spacial score (nSPS) is 14.0. The summed E-state index contributed by atoms with van der Waals surface area (Å²) in [6.07, 6.45) is 0. The Labute approximate surface area is 519 Å². The Morgan fingerprint density at radius 1 is 0.326 bits per heavy atom. The SMILES string of the molecule is Brc1ccccc1N1c2ccccc2C2(c3ccccc3Oc3ccccc32)c2cccc(Br)c21.COB(OC)c1ccccc1.c1ccc(B2c3ccccc3N3c4ccccc4C4(c5ccccc5Oc5ccccc54)c4cccc2c43)cc1. The number of anilines is 6. The van der Waals surface area contributed by atoms with E-state index < -0.39 is 10.8 Å². The van der Waals surface area contributed by atoms with Crippen molar-refractivity contribution in [3.05, 3.63) is 345 Å². The summed E-state index contributed by atoms with van der Waals surface area (Å²) in [4.78, 5) is 4.88. The minimum absolute atomic E-state index is 0.135. The van der Waals surface area contributed by atoms with Crippen LogP contribution < -0.4 is 41.1 Å². The van der Waals surface area contributed by atoms with E-state index in [-0.39, 0.29) is 13.8 Å². The van der Waals surface area contributed by atoms with Crippen LogP contribution in [0.2, 0.25) is 0 Å². The number of hydrogen-bond donors (Lipinski definition) is 0. The number of halogens is 2. The molecule has 17 rings (SSSR count). The number of ether oxygens (including phenoxy) is 2. The Hall–Kier alpha value is -9.15. The van der Waals surface area contributed by atoms with Crippen molar-refractivity contribution >= 4 is 102 Å². The minimum Gasteiger partial charge on any atom is -0.457 e. The zero-order valence-electron chi connectivity index (χ0n) is 47.2. The van der Waals surface area contributed by atoms with Crippen molar-refractivity contribution in [3.8, 4) is 23.0 Å². The van der Waals surface area contributed by atoms with Gasteiger partial charge < -0.3 is 28.6 Å². The van der Waals surface area contributed by atoms with E-state index in [4.69, 9.17) is 18.8 Å². The minimum atomic E-state index is -0.529.